The minimum Gasteiger partial charge on any atom is -0.478 e. The van der Waals surface area contributed by atoms with Crippen molar-refractivity contribution < 1.29 is 23.4 Å². The van der Waals surface area contributed by atoms with Crippen LogP contribution in [0.25, 0.3) is 11.3 Å². The summed E-state index contributed by atoms with van der Waals surface area (Å²) in [5.41, 5.74) is 3.61. The Bertz CT molecular complexity index is 1060. The van der Waals surface area contributed by atoms with E-state index in [4.69, 9.17) is 14.3 Å². The van der Waals surface area contributed by atoms with Gasteiger partial charge in [-0.3, -0.25) is 0 Å². The van der Waals surface area contributed by atoms with Crippen LogP contribution in [-0.2, 0) is 4.74 Å². The van der Waals surface area contributed by atoms with Crippen molar-refractivity contribution in [1.82, 2.24) is 9.97 Å². The minimum atomic E-state index is -0.986. The molecule has 0 unspecified atom stereocenters. The van der Waals surface area contributed by atoms with Crippen LogP contribution >= 0.6 is 0 Å². The van der Waals surface area contributed by atoms with Gasteiger partial charge in [0.05, 0.1) is 31.2 Å². The summed E-state index contributed by atoms with van der Waals surface area (Å²) in [4.78, 5) is 20.8. The molecule has 0 spiro atoms. The highest BCUT2D eigenvalue weighted by Crippen LogP contribution is 2.22. The molecule has 1 saturated heterocycles. The van der Waals surface area contributed by atoms with E-state index < -0.39 is 11.8 Å². The van der Waals surface area contributed by atoms with Crippen LogP contribution in [0.4, 0.5) is 16.2 Å². The van der Waals surface area contributed by atoms with Crippen LogP contribution in [-0.4, -0.2) is 53.6 Å². The first-order valence-corrected chi connectivity index (χ1v) is 9.18. The van der Waals surface area contributed by atoms with Crippen LogP contribution < -0.4 is 10.3 Å². The number of furan rings is 1. The number of carboxylic acid groups (broad SMARTS) is 1. The summed E-state index contributed by atoms with van der Waals surface area (Å²) in [5, 5.41) is 13.0. The van der Waals surface area contributed by atoms with E-state index in [9.17, 15) is 9.18 Å². The molecule has 0 atom stereocenters. The number of carboxylic acids is 1. The van der Waals surface area contributed by atoms with Crippen LogP contribution in [0, 0.1) is 5.82 Å². The van der Waals surface area contributed by atoms with Crippen LogP contribution in [0.5, 0.6) is 0 Å². The Morgan fingerprint density at radius 3 is 2.70 bits per heavy atom. The number of anilines is 2. The van der Waals surface area contributed by atoms with Gasteiger partial charge in [0, 0.05) is 18.7 Å². The van der Waals surface area contributed by atoms with Crippen molar-refractivity contribution in [3.8, 4) is 11.3 Å². The Morgan fingerprint density at radius 2 is 1.97 bits per heavy atom. The van der Waals surface area contributed by atoms with Gasteiger partial charge in [-0.15, -0.1) is 0 Å². The van der Waals surface area contributed by atoms with Crippen LogP contribution in [0.3, 0.4) is 0 Å². The summed E-state index contributed by atoms with van der Waals surface area (Å²) in [6.45, 7) is 2.15. The van der Waals surface area contributed by atoms with Crippen molar-refractivity contribution in [2.24, 2.45) is 5.10 Å². The highest BCUT2D eigenvalue weighted by atomic mass is 19.1. The molecule has 0 bridgehead atoms. The zero-order valence-electron chi connectivity index (χ0n) is 15.8. The van der Waals surface area contributed by atoms with E-state index in [0.29, 0.717) is 37.8 Å². The normalized spacial score (nSPS) is 14.2. The maximum Gasteiger partial charge on any atom is 0.335 e. The zero-order valence-corrected chi connectivity index (χ0v) is 15.8. The summed E-state index contributed by atoms with van der Waals surface area (Å²) in [5.74, 6) is -0.0895. The second-order valence-electron chi connectivity index (χ2n) is 6.42. The predicted molar refractivity (Wildman–Crippen MR) is 107 cm³/mol. The maximum atomic E-state index is 14.1. The molecule has 3 aromatic rings. The van der Waals surface area contributed by atoms with Gasteiger partial charge >= 0.3 is 5.97 Å². The fraction of sp³-hybridized carbons (Fsp3) is 0.200. The minimum absolute atomic E-state index is 0.158. The van der Waals surface area contributed by atoms with Crippen molar-refractivity contribution in [2.45, 2.75) is 0 Å². The zero-order chi connectivity index (χ0) is 20.9. The monoisotopic (exact) mass is 411 g/mol. The average Bonchev–Trinajstić information content (AvgIpc) is 3.24. The van der Waals surface area contributed by atoms with Crippen molar-refractivity contribution in [2.75, 3.05) is 36.6 Å². The lowest BCUT2D eigenvalue weighted by Gasteiger charge is -2.27. The molecule has 1 aliphatic rings. The van der Waals surface area contributed by atoms with Crippen LogP contribution in [0.2, 0.25) is 0 Å². The molecule has 10 heteroatoms. The first kappa shape index (κ1) is 19.5. The van der Waals surface area contributed by atoms with Crippen molar-refractivity contribution in [1.29, 1.82) is 0 Å². The molecule has 0 amide bonds. The molecule has 154 valence electrons. The van der Waals surface area contributed by atoms with E-state index in [2.05, 4.69) is 20.5 Å². The van der Waals surface area contributed by atoms with Crippen molar-refractivity contribution in [3.63, 3.8) is 0 Å². The number of hydrogen-bond acceptors (Lipinski definition) is 8. The molecule has 0 saturated carbocycles. The number of hydrazone groups is 1. The lowest BCUT2D eigenvalue weighted by atomic mass is 10.1. The van der Waals surface area contributed by atoms with E-state index in [1.807, 2.05) is 0 Å². The van der Waals surface area contributed by atoms with Crippen molar-refractivity contribution in [3.05, 3.63) is 59.7 Å². The quantitative estimate of drug-likeness (QED) is 0.470. The number of nitrogens with zero attached hydrogens (tertiary/aromatic N) is 4. The Hall–Kier alpha value is -3.79. The largest absolute Gasteiger partial charge is 0.478 e. The fourth-order valence-electron chi connectivity index (χ4n) is 2.92. The summed E-state index contributed by atoms with van der Waals surface area (Å²) >= 11 is 0. The second kappa shape index (κ2) is 8.70. The number of aromatic nitrogens is 2. The third kappa shape index (κ3) is 4.44. The van der Waals surface area contributed by atoms with Gasteiger partial charge in [-0.25, -0.2) is 19.6 Å². The standard InChI is InChI=1S/C20H18FN5O4/c21-16-12-22-20(24-18(16)26-7-9-29-10-8-26)25-23-11-15-5-6-17(30-15)13-1-3-14(4-2-13)19(27)28/h1-6,11-12H,7-10H2,(H,27,28)(H,22,24,25)/b23-11+. The van der Waals surface area contributed by atoms with Gasteiger partial charge in [0.1, 0.15) is 11.5 Å². The van der Waals surface area contributed by atoms with E-state index in [0.717, 1.165) is 11.8 Å². The van der Waals surface area contributed by atoms with Gasteiger partial charge in [-0.05, 0) is 24.3 Å². The third-order valence-corrected chi connectivity index (χ3v) is 4.44. The molecule has 0 aliphatic carbocycles. The van der Waals surface area contributed by atoms with Gasteiger partial charge in [0.2, 0.25) is 5.95 Å². The number of halogens is 1. The predicted octanol–water partition coefficient (Wildman–Crippen LogP) is 2.86. The maximum absolute atomic E-state index is 14.1. The number of hydrogen-bond donors (Lipinski definition) is 2. The number of rotatable bonds is 6. The molecule has 9 nitrogen and oxygen atoms in total. The topological polar surface area (TPSA) is 113 Å². The molecule has 1 aliphatic heterocycles. The first-order chi connectivity index (χ1) is 14.6. The van der Waals surface area contributed by atoms with Crippen LogP contribution in [0.15, 0.2) is 52.1 Å². The second-order valence-corrected chi connectivity index (χ2v) is 6.42. The van der Waals surface area contributed by atoms with Gasteiger partial charge < -0.3 is 19.2 Å². The van der Waals surface area contributed by atoms with E-state index in [1.165, 1.54) is 18.3 Å². The Balaban J connectivity index is 1.42. The molecule has 30 heavy (non-hydrogen) atoms. The van der Waals surface area contributed by atoms with Crippen LogP contribution in [0.1, 0.15) is 16.1 Å². The lowest BCUT2D eigenvalue weighted by molar-refractivity contribution is 0.0697. The molecule has 3 heterocycles. The Labute approximate surface area is 170 Å². The lowest BCUT2D eigenvalue weighted by Crippen LogP contribution is -2.37. The van der Waals surface area contributed by atoms with E-state index in [1.54, 1.807) is 29.2 Å². The SMILES string of the molecule is O=C(O)c1ccc(-c2ccc(/C=N/Nc3ncc(F)c(N4CCOCC4)n3)o2)cc1. The summed E-state index contributed by atoms with van der Waals surface area (Å²) in [6.07, 6.45) is 2.54. The smallest absolute Gasteiger partial charge is 0.335 e. The molecule has 2 aromatic heterocycles. The summed E-state index contributed by atoms with van der Waals surface area (Å²) in [7, 11) is 0. The fourth-order valence-corrected chi connectivity index (χ4v) is 2.92. The summed E-state index contributed by atoms with van der Waals surface area (Å²) in [6, 6.07) is 9.82. The molecule has 4 rings (SSSR count). The van der Waals surface area contributed by atoms with Gasteiger partial charge in [0.25, 0.3) is 0 Å². The molecule has 1 fully saturated rings. The van der Waals surface area contributed by atoms with E-state index in [-0.39, 0.29) is 17.3 Å². The number of carbonyl (C=O) groups is 1. The van der Waals surface area contributed by atoms with Gasteiger partial charge in [-0.1, -0.05) is 12.1 Å². The van der Waals surface area contributed by atoms with E-state index >= 15 is 0 Å². The first-order valence-electron chi connectivity index (χ1n) is 9.18. The number of ether oxygens (including phenoxy) is 1. The average molecular weight is 411 g/mol. The molecular formula is C20H18FN5O4. The third-order valence-electron chi connectivity index (χ3n) is 4.44. The Kier molecular flexibility index (Phi) is 5.66. The number of morpholine rings is 1. The number of aromatic carboxylic acids is 1. The highest BCUT2D eigenvalue weighted by Gasteiger charge is 2.17. The van der Waals surface area contributed by atoms with Crippen molar-refractivity contribution >= 4 is 24.0 Å². The molecular weight excluding hydrogens is 393 g/mol. The van der Waals surface area contributed by atoms with Gasteiger partial charge in [-0.2, -0.15) is 10.1 Å². The van der Waals surface area contributed by atoms with Gasteiger partial charge in [0.15, 0.2) is 11.6 Å². The summed E-state index contributed by atoms with van der Waals surface area (Å²) < 4.78 is 25.0. The molecule has 0 radical (unpaired) electrons. The highest BCUT2D eigenvalue weighted by molar-refractivity contribution is 5.88. The molecule has 1 aromatic carbocycles. The number of benzene rings is 1. The number of nitrogens with one attached hydrogen (secondary N) is 1. The molecule has 2 N–H and O–H groups in total. The Morgan fingerprint density at radius 1 is 1.20 bits per heavy atom.